The smallest absolute Gasteiger partial charge is 0.243 e. The van der Waals surface area contributed by atoms with Gasteiger partial charge in [0.2, 0.25) is 5.95 Å². The lowest BCUT2D eigenvalue weighted by atomic mass is 10.0. The zero-order chi connectivity index (χ0) is 17.6. The summed E-state index contributed by atoms with van der Waals surface area (Å²) >= 11 is 0. The molecule has 0 saturated heterocycles. The number of benzene rings is 2. The van der Waals surface area contributed by atoms with E-state index in [1.165, 1.54) is 11.1 Å². The molecule has 0 radical (unpaired) electrons. The van der Waals surface area contributed by atoms with Crippen molar-refractivity contribution in [1.29, 1.82) is 0 Å². The second-order valence-corrected chi connectivity index (χ2v) is 5.91. The van der Waals surface area contributed by atoms with Crippen molar-refractivity contribution in [2.45, 2.75) is 26.3 Å². The summed E-state index contributed by atoms with van der Waals surface area (Å²) in [7, 11) is 1.65. The van der Waals surface area contributed by atoms with E-state index in [9.17, 15) is 0 Å². The van der Waals surface area contributed by atoms with Crippen molar-refractivity contribution in [2.24, 2.45) is 0 Å². The Hall–Kier alpha value is -2.95. The van der Waals surface area contributed by atoms with Crippen LogP contribution in [0.15, 0.2) is 54.7 Å². The zero-order valence-electron chi connectivity index (χ0n) is 14.7. The predicted molar refractivity (Wildman–Crippen MR) is 99.6 cm³/mol. The number of hydrogen-bond acceptors (Lipinski definition) is 5. The minimum atomic E-state index is 0.147. The Bertz CT molecular complexity index is 816. The fourth-order valence-corrected chi connectivity index (χ4v) is 2.64. The van der Waals surface area contributed by atoms with Crippen LogP contribution in [-0.4, -0.2) is 22.3 Å². The van der Waals surface area contributed by atoms with Crippen molar-refractivity contribution in [3.05, 3.63) is 65.9 Å². The molecule has 1 atom stereocenters. The molecule has 2 aromatic carbocycles. The van der Waals surface area contributed by atoms with Crippen LogP contribution in [0.3, 0.4) is 0 Å². The maximum atomic E-state index is 5.19. The van der Waals surface area contributed by atoms with Gasteiger partial charge in [0.05, 0.1) is 25.0 Å². The molecule has 128 valence electrons. The van der Waals surface area contributed by atoms with E-state index in [-0.39, 0.29) is 6.04 Å². The highest BCUT2D eigenvalue weighted by atomic mass is 16.5. The number of rotatable bonds is 6. The van der Waals surface area contributed by atoms with Gasteiger partial charge in [-0.1, -0.05) is 36.8 Å². The fourth-order valence-electron chi connectivity index (χ4n) is 2.64. The maximum absolute atomic E-state index is 5.19. The Labute approximate surface area is 148 Å². The van der Waals surface area contributed by atoms with E-state index in [1.807, 2.05) is 24.3 Å². The van der Waals surface area contributed by atoms with E-state index in [2.05, 4.69) is 58.6 Å². The van der Waals surface area contributed by atoms with Gasteiger partial charge in [0.25, 0.3) is 0 Å². The highest BCUT2D eigenvalue weighted by Crippen LogP contribution is 2.23. The van der Waals surface area contributed by atoms with Gasteiger partial charge < -0.3 is 10.1 Å². The highest BCUT2D eigenvalue weighted by molar-refractivity contribution is 5.60. The van der Waals surface area contributed by atoms with Gasteiger partial charge >= 0.3 is 0 Å². The SMILES string of the molecule is CCC(Nc1nncc(-c2ccc(OC)cc2)n1)c1ccc(C)cc1. The third-order valence-corrected chi connectivity index (χ3v) is 4.14. The largest absolute Gasteiger partial charge is 0.497 e. The second-order valence-electron chi connectivity index (χ2n) is 5.91. The van der Waals surface area contributed by atoms with Crippen molar-refractivity contribution in [3.63, 3.8) is 0 Å². The first-order chi connectivity index (χ1) is 12.2. The van der Waals surface area contributed by atoms with Gasteiger partial charge in [-0.25, -0.2) is 4.98 Å². The average Bonchev–Trinajstić information content (AvgIpc) is 2.67. The summed E-state index contributed by atoms with van der Waals surface area (Å²) in [5.41, 5.74) is 4.21. The lowest BCUT2D eigenvalue weighted by molar-refractivity contribution is 0.415. The molecule has 0 aliphatic heterocycles. The lowest BCUT2D eigenvalue weighted by Gasteiger charge is -2.17. The summed E-state index contributed by atoms with van der Waals surface area (Å²) in [5.74, 6) is 1.34. The molecule has 25 heavy (non-hydrogen) atoms. The molecule has 0 spiro atoms. The fraction of sp³-hybridized carbons (Fsp3) is 0.250. The quantitative estimate of drug-likeness (QED) is 0.723. The van der Waals surface area contributed by atoms with Crippen LogP contribution in [0, 0.1) is 6.92 Å². The monoisotopic (exact) mass is 334 g/mol. The standard InChI is InChI=1S/C20H22N4O/c1-4-18(15-7-5-14(2)6-8-15)22-20-23-19(13-21-24-20)16-9-11-17(25-3)12-10-16/h5-13,18H,4H2,1-3H3,(H,22,23,24). The van der Waals surface area contributed by atoms with Gasteiger partial charge in [0.1, 0.15) is 5.75 Å². The molecule has 0 fully saturated rings. The van der Waals surface area contributed by atoms with E-state index in [4.69, 9.17) is 4.74 Å². The molecular formula is C20H22N4O. The number of aryl methyl sites for hydroxylation is 1. The van der Waals surface area contributed by atoms with Crippen LogP contribution in [0.5, 0.6) is 5.75 Å². The van der Waals surface area contributed by atoms with Crippen molar-refractivity contribution < 1.29 is 4.74 Å². The number of aromatic nitrogens is 3. The number of ether oxygens (including phenoxy) is 1. The first-order valence-corrected chi connectivity index (χ1v) is 8.37. The summed E-state index contributed by atoms with van der Waals surface area (Å²) < 4.78 is 5.19. The highest BCUT2D eigenvalue weighted by Gasteiger charge is 2.12. The number of hydrogen-bond donors (Lipinski definition) is 1. The van der Waals surface area contributed by atoms with E-state index in [0.717, 1.165) is 23.4 Å². The van der Waals surface area contributed by atoms with Crippen molar-refractivity contribution in [2.75, 3.05) is 12.4 Å². The average molecular weight is 334 g/mol. The van der Waals surface area contributed by atoms with Crippen molar-refractivity contribution >= 4 is 5.95 Å². The van der Waals surface area contributed by atoms with Crippen LogP contribution >= 0.6 is 0 Å². The first kappa shape index (κ1) is 16.9. The molecule has 0 aliphatic carbocycles. The Morgan fingerprint density at radius 2 is 1.76 bits per heavy atom. The predicted octanol–water partition coefficient (Wildman–Crippen LogP) is 4.42. The van der Waals surface area contributed by atoms with Crippen LogP contribution < -0.4 is 10.1 Å². The molecule has 0 bridgehead atoms. The normalized spacial score (nSPS) is 11.8. The summed E-state index contributed by atoms with van der Waals surface area (Å²) in [6.07, 6.45) is 2.60. The molecule has 1 N–H and O–H groups in total. The molecule has 3 rings (SSSR count). The molecule has 0 saturated carbocycles. The Kier molecular flexibility index (Phi) is 5.23. The number of anilines is 1. The van der Waals surface area contributed by atoms with Crippen LogP contribution in [0.4, 0.5) is 5.95 Å². The van der Waals surface area contributed by atoms with Crippen LogP contribution in [0.2, 0.25) is 0 Å². The summed E-state index contributed by atoms with van der Waals surface area (Å²) in [6, 6.07) is 16.4. The number of nitrogens with zero attached hydrogens (tertiary/aromatic N) is 3. The first-order valence-electron chi connectivity index (χ1n) is 8.37. The Morgan fingerprint density at radius 3 is 2.40 bits per heavy atom. The molecule has 5 heteroatoms. The third-order valence-electron chi connectivity index (χ3n) is 4.14. The molecule has 1 unspecified atom stereocenters. The van der Waals surface area contributed by atoms with Gasteiger partial charge in [-0.15, -0.1) is 5.10 Å². The van der Waals surface area contributed by atoms with Crippen LogP contribution in [-0.2, 0) is 0 Å². The maximum Gasteiger partial charge on any atom is 0.243 e. The van der Waals surface area contributed by atoms with E-state index >= 15 is 0 Å². The minimum absolute atomic E-state index is 0.147. The second kappa shape index (κ2) is 7.75. The Morgan fingerprint density at radius 1 is 1.04 bits per heavy atom. The summed E-state index contributed by atoms with van der Waals surface area (Å²) in [6.45, 7) is 4.22. The van der Waals surface area contributed by atoms with E-state index in [0.29, 0.717) is 5.95 Å². The van der Waals surface area contributed by atoms with Gasteiger partial charge in [-0.05, 0) is 43.2 Å². The minimum Gasteiger partial charge on any atom is -0.497 e. The number of nitrogens with one attached hydrogen (secondary N) is 1. The third kappa shape index (κ3) is 4.12. The van der Waals surface area contributed by atoms with Gasteiger partial charge in [-0.2, -0.15) is 5.10 Å². The van der Waals surface area contributed by atoms with E-state index < -0.39 is 0 Å². The van der Waals surface area contributed by atoms with Crippen LogP contribution in [0.25, 0.3) is 11.3 Å². The van der Waals surface area contributed by atoms with Crippen molar-refractivity contribution in [3.8, 4) is 17.0 Å². The van der Waals surface area contributed by atoms with Gasteiger partial charge in [0.15, 0.2) is 0 Å². The van der Waals surface area contributed by atoms with Crippen LogP contribution in [0.1, 0.15) is 30.5 Å². The zero-order valence-corrected chi connectivity index (χ0v) is 14.7. The molecule has 3 aromatic rings. The van der Waals surface area contributed by atoms with Gasteiger partial charge in [0, 0.05) is 5.56 Å². The topological polar surface area (TPSA) is 59.9 Å². The number of methoxy groups -OCH3 is 1. The molecule has 1 aromatic heterocycles. The van der Waals surface area contributed by atoms with Gasteiger partial charge in [-0.3, -0.25) is 0 Å². The van der Waals surface area contributed by atoms with Crippen molar-refractivity contribution in [1.82, 2.24) is 15.2 Å². The molecule has 1 heterocycles. The molecule has 0 amide bonds. The molecular weight excluding hydrogens is 312 g/mol. The lowest BCUT2D eigenvalue weighted by Crippen LogP contribution is -2.12. The summed E-state index contributed by atoms with van der Waals surface area (Å²) in [5, 5.41) is 11.6. The molecule has 5 nitrogen and oxygen atoms in total. The Balaban J connectivity index is 1.81. The van der Waals surface area contributed by atoms with E-state index in [1.54, 1.807) is 13.3 Å². The molecule has 0 aliphatic rings. The summed E-state index contributed by atoms with van der Waals surface area (Å²) in [4.78, 5) is 4.60.